The molecule has 0 unspecified atom stereocenters. The van der Waals surface area contributed by atoms with Crippen LogP contribution in [0.1, 0.15) is 10.5 Å². The molecule has 2 rings (SSSR count). The summed E-state index contributed by atoms with van der Waals surface area (Å²) in [6.45, 7) is 0. The van der Waals surface area contributed by atoms with Crippen LogP contribution in [-0.4, -0.2) is 34.8 Å². The maximum absolute atomic E-state index is 11.4. The van der Waals surface area contributed by atoms with E-state index in [2.05, 4.69) is 27.2 Å². The molecule has 90 valence electrons. The van der Waals surface area contributed by atoms with E-state index in [1.165, 1.54) is 0 Å². The fourth-order valence-corrected chi connectivity index (χ4v) is 1.69. The summed E-state index contributed by atoms with van der Waals surface area (Å²) >= 11 is 2.46. The van der Waals surface area contributed by atoms with Gasteiger partial charge in [0.05, 0.1) is 0 Å². The molecule has 1 N–H and O–H groups in total. The number of hydrogen-bond donors (Lipinski definition) is 1. The molecule has 2 aromatic rings. The summed E-state index contributed by atoms with van der Waals surface area (Å²) in [6.07, 6.45) is 1.55. The van der Waals surface area contributed by atoms with Gasteiger partial charge in [-0.1, -0.05) is 0 Å². The summed E-state index contributed by atoms with van der Waals surface area (Å²) in [7, 11) is 1.57. The van der Waals surface area contributed by atoms with Crippen molar-refractivity contribution in [3.63, 3.8) is 0 Å². The fraction of sp³-hybridized carbons (Fsp3) is 0.0769. The molecule has 0 atom stereocenters. The summed E-state index contributed by atoms with van der Waals surface area (Å²) in [4.78, 5) is 15.4. The predicted octanol–water partition coefficient (Wildman–Crippen LogP) is 1.03. The topological polar surface area (TPSA) is 51.2 Å². The summed E-state index contributed by atoms with van der Waals surface area (Å²) in [5, 5.41) is 2.52. The first-order valence-electron chi connectivity index (χ1n) is 5.34. The van der Waals surface area contributed by atoms with Crippen LogP contribution in [0.25, 0.3) is 0 Å². The van der Waals surface area contributed by atoms with E-state index in [0.717, 1.165) is 10.1 Å². The molecule has 2 radical (unpaired) electrons. The second kappa shape index (κ2) is 5.69. The van der Waals surface area contributed by atoms with Gasteiger partial charge in [-0.3, -0.25) is 0 Å². The fourth-order valence-electron chi connectivity index (χ4n) is 1.38. The first-order chi connectivity index (χ1) is 8.69. The summed E-state index contributed by atoms with van der Waals surface area (Å²) in [6, 6.07) is 10.9. The average molecular weight is 302 g/mol. The number of pyridine rings is 1. The van der Waals surface area contributed by atoms with E-state index in [0.29, 0.717) is 11.4 Å². The van der Waals surface area contributed by atoms with Crippen LogP contribution in [0, 0.1) is 0 Å². The Kier molecular flexibility index (Phi) is 4.00. The van der Waals surface area contributed by atoms with E-state index < -0.39 is 0 Å². The van der Waals surface area contributed by atoms with Crippen LogP contribution >= 0.6 is 0 Å². The first-order valence-corrected chi connectivity index (χ1v) is 6.28. The summed E-state index contributed by atoms with van der Waals surface area (Å²) < 4.78 is 6.75. The molecule has 1 heterocycles. The number of ether oxygens (including phenoxy) is 1. The third kappa shape index (κ3) is 3.11. The summed E-state index contributed by atoms with van der Waals surface area (Å²) in [5.74, 6) is 1.07. The monoisotopic (exact) mass is 302 g/mol. The van der Waals surface area contributed by atoms with Gasteiger partial charge in [0.15, 0.2) is 0 Å². The molecular weight excluding hydrogens is 291 g/mol. The van der Waals surface area contributed by atoms with E-state index in [1.807, 2.05) is 24.3 Å². The number of nitrogens with zero attached hydrogens (tertiary/aromatic N) is 1. The SMILES string of the molecule is CNC(=O)c1cc(Oc2ccc([As])cc2)ccn1. The van der Waals surface area contributed by atoms with Crippen LogP contribution in [-0.2, 0) is 0 Å². The molecule has 0 aliphatic carbocycles. The second-order valence-corrected chi connectivity index (χ2v) is 4.64. The van der Waals surface area contributed by atoms with Gasteiger partial charge in [-0.15, -0.1) is 0 Å². The van der Waals surface area contributed by atoms with Gasteiger partial charge in [-0.05, 0) is 0 Å². The first kappa shape index (κ1) is 12.7. The van der Waals surface area contributed by atoms with Crippen LogP contribution in [0.5, 0.6) is 11.5 Å². The average Bonchev–Trinajstić information content (AvgIpc) is 2.41. The zero-order valence-corrected chi connectivity index (χ0v) is 11.6. The van der Waals surface area contributed by atoms with Crippen molar-refractivity contribution in [2.45, 2.75) is 0 Å². The van der Waals surface area contributed by atoms with Crippen LogP contribution < -0.4 is 14.4 Å². The molecule has 0 saturated heterocycles. The van der Waals surface area contributed by atoms with Gasteiger partial charge in [0.2, 0.25) is 0 Å². The van der Waals surface area contributed by atoms with Gasteiger partial charge in [-0.2, -0.15) is 0 Å². The van der Waals surface area contributed by atoms with Crippen molar-refractivity contribution in [3.05, 3.63) is 48.3 Å². The van der Waals surface area contributed by atoms with Crippen molar-refractivity contribution in [1.82, 2.24) is 10.3 Å². The van der Waals surface area contributed by atoms with Crippen molar-refractivity contribution >= 4 is 27.1 Å². The Balaban J connectivity index is 2.19. The molecule has 0 fully saturated rings. The van der Waals surface area contributed by atoms with Gasteiger partial charge < -0.3 is 0 Å². The van der Waals surface area contributed by atoms with E-state index >= 15 is 0 Å². The Hall–Kier alpha value is -1.80. The number of carbonyl (C=O) groups is 1. The normalized spacial score (nSPS) is 9.89. The van der Waals surface area contributed by atoms with E-state index in [9.17, 15) is 4.79 Å². The standard InChI is InChI=1S/C13H11AsN2O2/c1-15-13(17)12-8-11(6-7-16-12)18-10-4-2-9(14)3-5-10/h2-8H,1H3,(H,15,17). The van der Waals surface area contributed by atoms with Crippen molar-refractivity contribution in [3.8, 4) is 11.5 Å². The van der Waals surface area contributed by atoms with Crippen LogP contribution in [0.3, 0.4) is 0 Å². The molecule has 4 nitrogen and oxygen atoms in total. The zero-order chi connectivity index (χ0) is 13.0. The quantitative estimate of drug-likeness (QED) is 0.862. The van der Waals surface area contributed by atoms with Gasteiger partial charge in [0.25, 0.3) is 0 Å². The summed E-state index contributed by atoms with van der Waals surface area (Å²) in [5.41, 5.74) is 0.332. The van der Waals surface area contributed by atoms with Gasteiger partial charge in [-0.25, -0.2) is 0 Å². The number of nitrogens with one attached hydrogen (secondary N) is 1. The molecule has 5 heteroatoms. The number of rotatable bonds is 3. The Morgan fingerprint density at radius 3 is 2.61 bits per heavy atom. The molecule has 1 aromatic carbocycles. The van der Waals surface area contributed by atoms with E-state index in [4.69, 9.17) is 4.74 Å². The van der Waals surface area contributed by atoms with Crippen molar-refractivity contribution in [1.29, 1.82) is 0 Å². The zero-order valence-electron chi connectivity index (χ0n) is 9.75. The molecule has 0 saturated carbocycles. The number of aromatic nitrogens is 1. The maximum atomic E-state index is 11.4. The van der Waals surface area contributed by atoms with Gasteiger partial charge >= 0.3 is 114 Å². The number of hydrogen-bond acceptors (Lipinski definition) is 3. The second-order valence-electron chi connectivity index (χ2n) is 3.55. The molecule has 1 amide bonds. The Morgan fingerprint density at radius 2 is 1.94 bits per heavy atom. The Morgan fingerprint density at radius 1 is 1.22 bits per heavy atom. The number of carbonyl (C=O) groups excluding carboxylic acids is 1. The molecule has 0 spiro atoms. The van der Waals surface area contributed by atoms with Crippen molar-refractivity contribution < 1.29 is 9.53 Å². The molecule has 18 heavy (non-hydrogen) atoms. The minimum absolute atomic E-state index is 0.235. The van der Waals surface area contributed by atoms with Crippen molar-refractivity contribution in [2.24, 2.45) is 0 Å². The van der Waals surface area contributed by atoms with Crippen LogP contribution in [0.15, 0.2) is 42.6 Å². The third-order valence-corrected chi connectivity index (χ3v) is 2.89. The molecule has 1 aromatic heterocycles. The Labute approximate surface area is 114 Å². The van der Waals surface area contributed by atoms with Crippen LogP contribution in [0.2, 0.25) is 0 Å². The van der Waals surface area contributed by atoms with Crippen molar-refractivity contribution in [2.75, 3.05) is 7.05 Å². The van der Waals surface area contributed by atoms with Crippen LogP contribution in [0.4, 0.5) is 0 Å². The molecule has 0 aliphatic heterocycles. The van der Waals surface area contributed by atoms with E-state index in [1.54, 1.807) is 25.4 Å². The molecule has 0 aliphatic rings. The Bertz CT molecular complexity index is 555. The third-order valence-electron chi connectivity index (χ3n) is 2.26. The van der Waals surface area contributed by atoms with Gasteiger partial charge in [0.1, 0.15) is 0 Å². The number of amides is 1. The minimum atomic E-state index is -0.235. The van der Waals surface area contributed by atoms with E-state index in [-0.39, 0.29) is 5.91 Å². The van der Waals surface area contributed by atoms with Gasteiger partial charge in [0, 0.05) is 0 Å². The molecular formula is C13H11AsN2O2. The molecule has 0 bridgehead atoms. The predicted molar refractivity (Wildman–Crippen MR) is 69.5 cm³/mol. The number of benzene rings is 1.